The molecule has 1 aromatic rings. The fourth-order valence-corrected chi connectivity index (χ4v) is 2.12. The average molecular weight is 265 g/mol. The number of hydrogen-bond acceptors (Lipinski definition) is 3. The molecule has 0 saturated carbocycles. The molecule has 1 aromatic carbocycles. The van der Waals surface area contributed by atoms with Gasteiger partial charge in [-0.1, -0.05) is 49.5 Å². The number of nitrogens with two attached hydrogens (primary N) is 2. The molecular formula is C13H19N3OS. The summed E-state index contributed by atoms with van der Waals surface area (Å²) in [7, 11) is 0. The second-order valence-electron chi connectivity index (χ2n) is 4.13. The van der Waals surface area contributed by atoms with Crippen LogP contribution >= 0.6 is 12.2 Å². The number of rotatable bonds is 7. The standard InChI is InChI=1S/C13H19N3OS/c1-2-16(9-12(14)17)11(8-13(15)18)10-6-4-3-5-7-10/h3-7,11H,2,8-9H2,1H3,(H2,14,17)(H2,15,18). The first-order valence-electron chi connectivity index (χ1n) is 5.90. The number of benzene rings is 1. The van der Waals surface area contributed by atoms with E-state index in [0.717, 1.165) is 5.56 Å². The molecule has 1 atom stereocenters. The quantitative estimate of drug-likeness (QED) is 0.727. The minimum Gasteiger partial charge on any atom is -0.393 e. The van der Waals surface area contributed by atoms with Crippen LogP contribution in [-0.2, 0) is 4.79 Å². The monoisotopic (exact) mass is 265 g/mol. The summed E-state index contributed by atoms with van der Waals surface area (Å²) in [5, 5.41) is 0. The molecule has 0 saturated heterocycles. The van der Waals surface area contributed by atoms with Gasteiger partial charge in [-0.05, 0) is 12.1 Å². The van der Waals surface area contributed by atoms with E-state index in [0.29, 0.717) is 18.0 Å². The van der Waals surface area contributed by atoms with E-state index >= 15 is 0 Å². The van der Waals surface area contributed by atoms with E-state index in [1.165, 1.54) is 0 Å². The van der Waals surface area contributed by atoms with Gasteiger partial charge in [-0.2, -0.15) is 0 Å². The summed E-state index contributed by atoms with van der Waals surface area (Å²) in [5.41, 5.74) is 12.0. The van der Waals surface area contributed by atoms with Crippen molar-refractivity contribution in [2.24, 2.45) is 11.5 Å². The largest absolute Gasteiger partial charge is 0.393 e. The van der Waals surface area contributed by atoms with Gasteiger partial charge in [-0.25, -0.2) is 0 Å². The summed E-state index contributed by atoms with van der Waals surface area (Å²) in [5.74, 6) is -0.347. The summed E-state index contributed by atoms with van der Waals surface area (Å²) in [6.45, 7) is 2.90. The normalized spacial score (nSPS) is 12.3. The van der Waals surface area contributed by atoms with E-state index in [-0.39, 0.29) is 18.5 Å². The Morgan fingerprint density at radius 3 is 2.39 bits per heavy atom. The second kappa shape index (κ2) is 7.08. The van der Waals surface area contributed by atoms with Crippen molar-refractivity contribution in [1.82, 2.24) is 4.90 Å². The van der Waals surface area contributed by atoms with Gasteiger partial charge in [0.2, 0.25) is 5.91 Å². The fourth-order valence-electron chi connectivity index (χ4n) is 1.97. The van der Waals surface area contributed by atoms with Crippen molar-refractivity contribution in [3.63, 3.8) is 0 Å². The third-order valence-electron chi connectivity index (χ3n) is 2.78. The summed E-state index contributed by atoms with van der Waals surface area (Å²) in [6, 6.07) is 9.88. The Labute approximate surface area is 113 Å². The van der Waals surface area contributed by atoms with Crippen molar-refractivity contribution in [2.45, 2.75) is 19.4 Å². The molecule has 18 heavy (non-hydrogen) atoms. The minimum absolute atomic E-state index is 0.00111. The Balaban J connectivity index is 2.96. The summed E-state index contributed by atoms with van der Waals surface area (Å²) in [6.07, 6.45) is 0.542. The third kappa shape index (κ3) is 4.43. The first kappa shape index (κ1) is 14.6. The second-order valence-corrected chi connectivity index (χ2v) is 4.65. The lowest BCUT2D eigenvalue weighted by Gasteiger charge is -2.29. The predicted octanol–water partition coefficient (Wildman–Crippen LogP) is 1.21. The molecule has 0 bridgehead atoms. The van der Waals surface area contributed by atoms with E-state index in [1.807, 2.05) is 42.2 Å². The zero-order valence-electron chi connectivity index (χ0n) is 10.5. The van der Waals surface area contributed by atoms with E-state index in [1.54, 1.807) is 0 Å². The van der Waals surface area contributed by atoms with Gasteiger partial charge in [0.15, 0.2) is 0 Å². The molecule has 0 aliphatic heterocycles. The highest BCUT2D eigenvalue weighted by Gasteiger charge is 2.21. The lowest BCUT2D eigenvalue weighted by molar-refractivity contribution is -0.119. The zero-order valence-corrected chi connectivity index (χ0v) is 11.3. The van der Waals surface area contributed by atoms with E-state index in [4.69, 9.17) is 23.7 Å². The lowest BCUT2D eigenvalue weighted by atomic mass is 10.0. The average Bonchev–Trinajstić information content (AvgIpc) is 2.34. The highest BCUT2D eigenvalue weighted by atomic mass is 32.1. The molecule has 0 aliphatic carbocycles. The number of hydrogen-bond donors (Lipinski definition) is 2. The number of amides is 1. The first-order chi connectivity index (χ1) is 8.54. The maximum Gasteiger partial charge on any atom is 0.231 e. The van der Waals surface area contributed by atoms with E-state index in [2.05, 4.69) is 0 Å². The third-order valence-corrected chi connectivity index (χ3v) is 2.95. The maximum absolute atomic E-state index is 11.1. The van der Waals surface area contributed by atoms with Gasteiger partial charge in [0.05, 0.1) is 11.5 Å². The molecule has 0 heterocycles. The molecule has 1 rings (SSSR count). The number of carbonyl (C=O) groups excluding carboxylic acids is 1. The Morgan fingerprint density at radius 1 is 1.33 bits per heavy atom. The highest BCUT2D eigenvalue weighted by Crippen LogP contribution is 2.23. The van der Waals surface area contributed by atoms with Crippen LogP contribution in [0.5, 0.6) is 0 Å². The van der Waals surface area contributed by atoms with Crippen molar-refractivity contribution in [1.29, 1.82) is 0 Å². The van der Waals surface area contributed by atoms with Gasteiger partial charge in [-0.15, -0.1) is 0 Å². The molecule has 0 aliphatic rings. The number of carbonyl (C=O) groups is 1. The molecule has 4 N–H and O–H groups in total. The molecule has 1 amide bonds. The Kier molecular flexibility index (Phi) is 5.74. The van der Waals surface area contributed by atoms with Crippen molar-refractivity contribution < 1.29 is 4.79 Å². The van der Waals surface area contributed by atoms with Gasteiger partial charge in [0.1, 0.15) is 0 Å². The van der Waals surface area contributed by atoms with Crippen LogP contribution in [0.4, 0.5) is 0 Å². The number of thiocarbonyl (C=S) groups is 1. The van der Waals surface area contributed by atoms with Gasteiger partial charge < -0.3 is 11.5 Å². The first-order valence-corrected chi connectivity index (χ1v) is 6.31. The molecule has 0 radical (unpaired) electrons. The van der Waals surface area contributed by atoms with Crippen molar-refractivity contribution in [2.75, 3.05) is 13.1 Å². The van der Waals surface area contributed by atoms with Crippen LogP contribution in [0.15, 0.2) is 30.3 Å². The van der Waals surface area contributed by atoms with Gasteiger partial charge in [0.25, 0.3) is 0 Å². The Morgan fingerprint density at radius 2 is 1.94 bits per heavy atom. The Bertz CT molecular complexity index is 408. The summed E-state index contributed by atoms with van der Waals surface area (Å²) in [4.78, 5) is 13.5. The smallest absolute Gasteiger partial charge is 0.231 e. The lowest BCUT2D eigenvalue weighted by Crippen LogP contribution is -2.38. The molecule has 1 unspecified atom stereocenters. The number of likely N-dealkylation sites (N-methyl/N-ethyl adjacent to an activating group) is 1. The van der Waals surface area contributed by atoms with Crippen LogP contribution in [0.25, 0.3) is 0 Å². The molecule has 98 valence electrons. The summed E-state index contributed by atoms with van der Waals surface area (Å²) >= 11 is 4.99. The number of nitrogens with zero attached hydrogens (tertiary/aromatic N) is 1. The van der Waals surface area contributed by atoms with Crippen molar-refractivity contribution >= 4 is 23.1 Å². The molecule has 4 nitrogen and oxygen atoms in total. The van der Waals surface area contributed by atoms with Gasteiger partial charge in [-0.3, -0.25) is 9.69 Å². The van der Waals surface area contributed by atoms with Crippen LogP contribution < -0.4 is 11.5 Å². The molecule has 0 spiro atoms. The minimum atomic E-state index is -0.347. The van der Waals surface area contributed by atoms with Crippen LogP contribution in [0, 0.1) is 0 Å². The summed E-state index contributed by atoms with van der Waals surface area (Å²) < 4.78 is 0. The predicted molar refractivity (Wildman–Crippen MR) is 77.0 cm³/mol. The maximum atomic E-state index is 11.1. The van der Waals surface area contributed by atoms with Gasteiger partial charge in [0, 0.05) is 12.5 Å². The number of primary amides is 1. The molecule has 0 fully saturated rings. The molecule has 5 heteroatoms. The Hall–Kier alpha value is -1.46. The van der Waals surface area contributed by atoms with Crippen LogP contribution in [-0.4, -0.2) is 28.9 Å². The van der Waals surface area contributed by atoms with Gasteiger partial charge >= 0.3 is 0 Å². The topological polar surface area (TPSA) is 72.3 Å². The zero-order chi connectivity index (χ0) is 13.5. The van der Waals surface area contributed by atoms with E-state index in [9.17, 15) is 4.79 Å². The van der Waals surface area contributed by atoms with Crippen LogP contribution in [0.2, 0.25) is 0 Å². The SMILES string of the molecule is CCN(CC(N)=O)C(CC(N)=S)c1ccccc1. The fraction of sp³-hybridized carbons (Fsp3) is 0.385. The molecular weight excluding hydrogens is 246 g/mol. The van der Waals surface area contributed by atoms with Crippen molar-refractivity contribution in [3.05, 3.63) is 35.9 Å². The van der Waals surface area contributed by atoms with Crippen molar-refractivity contribution in [3.8, 4) is 0 Å². The van der Waals surface area contributed by atoms with Crippen LogP contribution in [0.1, 0.15) is 24.9 Å². The highest BCUT2D eigenvalue weighted by molar-refractivity contribution is 7.80. The van der Waals surface area contributed by atoms with E-state index < -0.39 is 0 Å². The molecule has 0 aromatic heterocycles. The van der Waals surface area contributed by atoms with Crippen LogP contribution in [0.3, 0.4) is 0 Å².